The summed E-state index contributed by atoms with van der Waals surface area (Å²) in [5.74, 6) is 0.186. The molecule has 1 rings (SSSR count). The van der Waals surface area contributed by atoms with Gasteiger partial charge in [-0.2, -0.15) is 0 Å². The Hall–Kier alpha value is -1.84. The van der Waals surface area contributed by atoms with Gasteiger partial charge in [0.25, 0.3) is 0 Å². The van der Waals surface area contributed by atoms with Crippen molar-refractivity contribution in [2.75, 3.05) is 26.2 Å². The Morgan fingerprint density at radius 3 is 2.00 bits per heavy atom. The molecule has 1 aromatic carbocycles. The molecule has 0 heterocycles. The first-order valence-electron chi connectivity index (χ1n) is 8.65. The zero-order valence-electron chi connectivity index (χ0n) is 14.8. The van der Waals surface area contributed by atoms with E-state index in [1.807, 2.05) is 23.1 Å². The normalized spacial score (nSPS) is 10.4. The van der Waals surface area contributed by atoms with Crippen LogP contribution >= 0.6 is 0 Å². The number of benzene rings is 1. The summed E-state index contributed by atoms with van der Waals surface area (Å²) >= 11 is 0. The molecular formula is C19H30N2O2. The summed E-state index contributed by atoms with van der Waals surface area (Å²) in [6.45, 7) is 8.51. The quantitative estimate of drug-likeness (QED) is 0.665. The van der Waals surface area contributed by atoms with Crippen molar-refractivity contribution in [1.82, 2.24) is 9.80 Å². The molecule has 4 heteroatoms. The standard InChI is InChI=1S/C19H30N2O2/c1-4-13-21(14-5-2)19(23)12-16-20(17(3)22)15-11-18-9-7-6-8-10-18/h6-10H,4-5,11-16H2,1-3H3. The number of nitrogens with zero attached hydrogens (tertiary/aromatic N) is 2. The lowest BCUT2D eigenvalue weighted by molar-refractivity contribution is -0.133. The predicted octanol–water partition coefficient (Wildman–Crippen LogP) is 3.12. The van der Waals surface area contributed by atoms with Crippen LogP contribution in [0.25, 0.3) is 0 Å². The Balaban J connectivity index is 2.49. The highest BCUT2D eigenvalue weighted by atomic mass is 16.2. The first-order valence-corrected chi connectivity index (χ1v) is 8.65. The molecule has 23 heavy (non-hydrogen) atoms. The Morgan fingerprint density at radius 2 is 1.48 bits per heavy atom. The minimum atomic E-state index is 0.0336. The number of carbonyl (C=O) groups is 2. The summed E-state index contributed by atoms with van der Waals surface area (Å²) in [6.07, 6.45) is 3.17. The van der Waals surface area contributed by atoms with E-state index in [1.165, 1.54) is 5.56 Å². The third-order valence-corrected chi connectivity index (χ3v) is 3.89. The van der Waals surface area contributed by atoms with Gasteiger partial charge in [0.05, 0.1) is 0 Å². The van der Waals surface area contributed by atoms with Crippen LogP contribution in [0.15, 0.2) is 30.3 Å². The number of rotatable bonds is 10. The largest absolute Gasteiger partial charge is 0.343 e. The Kier molecular flexibility index (Phi) is 9.03. The highest BCUT2D eigenvalue weighted by Crippen LogP contribution is 2.05. The van der Waals surface area contributed by atoms with E-state index in [2.05, 4.69) is 26.0 Å². The molecule has 4 nitrogen and oxygen atoms in total. The van der Waals surface area contributed by atoms with E-state index in [9.17, 15) is 9.59 Å². The summed E-state index contributed by atoms with van der Waals surface area (Å²) < 4.78 is 0. The lowest BCUT2D eigenvalue weighted by atomic mass is 10.1. The maximum absolute atomic E-state index is 12.3. The molecule has 0 aliphatic carbocycles. The molecule has 0 unspecified atom stereocenters. The Bertz CT molecular complexity index is 468. The van der Waals surface area contributed by atoms with Gasteiger partial charge in [-0.1, -0.05) is 44.2 Å². The van der Waals surface area contributed by atoms with Crippen molar-refractivity contribution in [3.05, 3.63) is 35.9 Å². The van der Waals surface area contributed by atoms with E-state index in [-0.39, 0.29) is 11.8 Å². The van der Waals surface area contributed by atoms with Crippen LogP contribution in [0, 0.1) is 0 Å². The molecule has 0 radical (unpaired) electrons. The van der Waals surface area contributed by atoms with Gasteiger partial charge in [0.1, 0.15) is 0 Å². The van der Waals surface area contributed by atoms with Crippen molar-refractivity contribution in [2.45, 2.75) is 46.5 Å². The van der Waals surface area contributed by atoms with Gasteiger partial charge in [-0.3, -0.25) is 9.59 Å². The fourth-order valence-corrected chi connectivity index (χ4v) is 2.63. The fourth-order valence-electron chi connectivity index (χ4n) is 2.63. The van der Waals surface area contributed by atoms with E-state index in [4.69, 9.17) is 0 Å². The number of carbonyl (C=O) groups excluding carboxylic acids is 2. The smallest absolute Gasteiger partial charge is 0.224 e. The topological polar surface area (TPSA) is 40.6 Å². The van der Waals surface area contributed by atoms with Crippen LogP contribution < -0.4 is 0 Å². The van der Waals surface area contributed by atoms with Crippen LogP contribution in [-0.2, 0) is 16.0 Å². The SMILES string of the molecule is CCCN(CCC)C(=O)CCN(CCc1ccccc1)C(C)=O. The molecule has 0 saturated carbocycles. The third kappa shape index (κ3) is 7.31. The summed E-state index contributed by atoms with van der Waals surface area (Å²) in [6, 6.07) is 10.1. The number of hydrogen-bond acceptors (Lipinski definition) is 2. The van der Waals surface area contributed by atoms with Crippen LogP contribution in [0.3, 0.4) is 0 Å². The molecule has 0 bridgehead atoms. The van der Waals surface area contributed by atoms with Gasteiger partial charge in [-0.05, 0) is 24.8 Å². The van der Waals surface area contributed by atoms with E-state index in [1.54, 1.807) is 11.8 Å². The monoisotopic (exact) mass is 318 g/mol. The molecule has 0 N–H and O–H groups in total. The van der Waals surface area contributed by atoms with Gasteiger partial charge < -0.3 is 9.80 Å². The molecule has 0 aromatic heterocycles. The zero-order chi connectivity index (χ0) is 17.1. The van der Waals surface area contributed by atoms with Crippen molar-refractivity contribution in [1.29, 1.82) is 0 Å². The summed E-state index contributed by atoms with van der Waals surface area (Å²) in [4.78, 5) is 27.8. The second-order valence-corrected chi connectivity index (χ2v) is 5.87. The maximum Gasteiger partial charge on any atom is 0.224 e. The van der Waals surface area contributed by atoms with Crippen LogP contribution in [0.1, 0.15) is 45.6 Å². The summed E-state index contributed by atoms with van der Waals surface area (Å²) in [5, 5.41) is 0. The molecule has 1 aromatic rings. The highest BCUT2D eigenvalue weighted by Gasteiger charge is 2.15. The fraction of sp³-hybridized carbons (Fsp3) is 0.579. The maximum atomic E-state index is 12.3. The Labute approximate surface area is 140 Å². The van der Waals surface area contributed by atoms with Gasteiger partial charge in [0.15, 0.2) is 0 Å². The van der Waals surface area contributed by atoms with Crippen molar-refractivity contribution >= 4 is 11.8 Å². The van der Waals surface area contributed by atoms with Crippen molar-refractivity contribution in [2.24, 2.45) is 0 Å². The van der Waals surface area contributed by atoms with E-state index in [0.717, 1.165) is 32.4 Å². The van der Waals surface area contributed by atoms with Gasteiger partial charge in [-0.15, -0.1) is 0 Å². The molecular weight excluding hydrogens is 288 g/mol. The lowest BCUT2D eigenvalue weighted by Gasteiger charge is -2.25. The minimum Gasteiger partial charge on any atom is -0.343 e. The molecule has 0 aliphatic rings. The van der Waals surface area contributed by atoms with E-state index >= 15 is 0 Å². The van der Waals surface area contributed by atoms with Crippen LogP contribution in [0.4, 0.5) is 0 Å². The van der Waals surface area contributed by atoms with Crippen molar-refractivity contribution in [3.8, 4) is 0 Å². The second-order valence-electron chi connectivity index (χ2n) is 5.87. The first kappa shape index (κ1) is 19.2. The van der Waals surface area contributed by atoms with Crippen LogP contribution in [0.2, 0.25) is 0 Å². The van der Waals surface area contributed by atoms with E-state index in [0.29, 0.717) is 19.5 Å². The van der Waals surface area contributed by atoms with E-state index < -0.39 is 0 Å². The van der Waals surface area contributed by atoms with Gasteiger partial charge >= 0.3 is 0 Å². The average Bonchev–Trinajstić information content (AvgIpc) is 2.55. The second kappa shape index (κ2) is 10.8. The third-order valence-electron chi connectivity index (χ3n) is 3.89. The van der Waals surface area contributed by atoms with Crippen LogP contribution in [0.5, 0.6) is 0 Å². The first-order chi connectivity index (χ1) is 11.1. The lowest BCUT2D eigenvalue weighted by Crippen LogP contribution is -2.37. The number of amides is 2. The zero-order valence-corrected chi connectivity index (χ0v) is 14.8. The number of hydrogen-bond donors (Lipinski definition) is 0. The van der Waals surface area contributed by atoms with Crippen LogP contribution in [-0.4, -0.2) is 47.8 Å². The molecule has 0 fully saturated rings. The average molecular weight is 318 g/mol. The predicted molar refractivity (Wildman–Crippen MR) is 94.2 cm³/mol. The summed E-state index contributed by atoms with van der Waals surface area (Å²) in [5.41, 5.74) is 1.21. The van der Waals surface area contributed by atoms with Gasteiger partial charge in [0, 0.05) is 39.5 Å². The van der Waals surface area contributed by atoms with Crippen molar-refractivity contribution < 1.29 is 9.59 Å². The van der Waals surface area contributed by atoms with Crippen molar-refractivity contribution in [3.63, 3.8) is 0 Å². The Morgan fingerprint density at radius 1 is 0.870 bits per heavy atom. The molecule has 0 atom stereocenters. The summed E-state index contributed by atoms with van der Waals surface area (Å²) in [7, 11) is 0. The molecule has 128 valence electrons. The van der Waals surface area contributed by atoms with Gasteiger partial charge in [-0.25, -0.2) is 0 Å². The molecule has 0 spiro atoms. The molecule has 0 aliphatic heterocycles. The minimum absolute atomic E-state index is 0.0336. The van der Waals surface area contributed by atoms with Gasteiger partial charge in [0.2, 0.25) is 11.8 Å². The molecule has 2 amide bonds. The molecule has 0 saturated heterocycles. The highest BCUT2D eigenvalue weighted by molar-refractivity contribution is 5.78.